The van der Waals surface area contributed by atoms with E-state index in [1.54, 1.807) is 0 Å². The molecule has 7 nitrogen and oxygen atoms in total. The molecule has 1 aliphatic carbocycles. The van der Waals surface area contributed by atoms with Crippen molar-refractivity contribution in [3.8, 4) is 0 Å². The van der Waals surface area contributed by atoms with Crippen molar-refractivity contribution in [2.75, 3.05) is 20.1 Å². The molecule has 0 aromatic heterocycles. The van der Waals surface area contributed by atoms with Crippen LogP contribution in [0.2, 0.25) is 0 Å². The fraction of sp³-hybridized carbons (Fsp3) is 0.821. The van der Waals surface area contributed by atoms with Gasteiger partial charge in [0, 0.05) is 19.4 Å². The Bertz CT molecular complexity index is 692. The number of Topliss-reactive ketones (excluding diaryl/α,β-unsaturated/α-hetero) is 2. The molecule has 0 spiro atoms. The van der Waals surface area contributed by atoms with E-state index < -0.39 is 11.6 Å². The Kier molecular flexibility index (Phi) is 13.8. The molecule has 1 amide bonds. The molecule has 35 heavy (non-hydrogen) atoms. The molecule has 1 fully saturated rings. The highest BCUT2D eigenvalue weighted by molar-refractivity contribution is 5.94. The number of rotatable bonds is 6. The summed E-state index contributed by atoms with van der Waals surface area (Å²) in [6.45, 7) is 2.60. The van der Waals surface area contributed by atoms with Crippen LogP contribution in [0.25, 0.3) is 0 Å². The molecule has 1 unspecified atom stereocenters. The summed E-state index contributed by atoms with van der Waals surface area (Å²) in [6, 6.07) is -0.519. The summed E-state index contributed by atoms with van der Waals surface area (Å²) in [5.41, 5.74) is 4.76. The van der Waals surface area contributed by atoms with Crippen LogP contribution in [0.4, 0.5) is 0 Å². The Morgan fingerprint density at radius 3 is 2.43 bits per heavy atom. The van der Waals surface area contributed by atoms with Gasteiger partial charge in [0.15, 0.2) is 11.6 Å². The minimum atomic E-state index is -0.919. The van der Waals surface area contributed by atoms with Crippen LogP contribution in [-0.2, 0) is 14.4 Å². The van der Waals surface area contributed by atoms with Crippen molar-refractivity contribution in [3.05, 3.63) is 12.2 Å². The quantitative estimate of drug-likeness (QED) is 0.424. The van der Waals surface area contributed by atoms with Crippen LogP contribution in [0.1, 0.15) is 103 Å². The summed E-state index contributed by atoms with van der Waals surface area (Å²) in [4.78, 5) is 39.2. The lowest BCUT2D eigenvalue weighted by Gasteiger charge is -2.34. The van der Waals surface area contributed by atoms with Crippen molar-refractivity contribution in [2.45, 2.75) is 121 Å². The molecule has 5 N–H and O–H groups in total. The minimum absolute atomic E-state index is 0.00564. The Hall–Kier alpha value is -1.57. The van der Waals surface area contributed by atoms with Crippen molar-refractivity contribution >= 4 is 17.5 Å². The number of hydrogen-bond acceptors (Lipinski definition) is 6. The van der Waals surface area contributed by atoms with Gasteiger partial charge < -0.3 is 21.7 Å². The van der Waals surface area contributed by atoms with Crippen LogP contribution < -0.4 is 21.7 Å². The van der Waals surface area contributed by atoms with Crippen LogP contribution >= 0.6 is 0 Å². The van der Waals surface area contributed by atoms with Gasteiger partial charge in [0.2, 0.25) is 5.91 Å². The van der Waals surface area contributed by atoms with Gasteiger partial charge in [-0.25, -0.2) is 0 Å². The monoisotopic (exact) mass is 490 g/mol. The highest BCUT2D eigenvalue weighted by Crippen LogP contribution is 2.31. The molecular formula is C28H50N4O3. The molecule has 2 rings (SSSR count). The molecular weight excluding hydrogens is 440 g/mol. The maximum Gasteiger partial charge on any atom is 0.237 e. The minimum Gasteiger partial charge on any atom is -0.343 e. The average Bonchev–Trinajstić information content (AvgIpc) is 2.80. The van der Waals surface area contributed by atoms with Crippen LogP contribution in [-0.4, -0.2) is 55.2 Å². The second-order valence-corrected chi connectivity index (χ2v) is 10.7. The van der Waals surface area contributed by atoms with Crippen LogP contribution in [0.15, 0.2) is 12.2 Å². The zero-order valence-corrected chi connectivity index (χ0v) is 22.2. The molecule has 2 aliphatic rings. The first-order valence-electron chi connectivity index (χ1n) is 14.0. The first-order valence-corrected chi connectivity index (χ1v) is 14.0. The van der Waals surface area contributed by atoms with E-state index in [4.69, 9.17) is 5.73 Å². The van der Waals surface area contributed by atoms with Gasteiger partial charge in [0.1, 0.15) is 0 Å². The molecule has 0 bridgehead atoms. The molecule has 0 aromatic carbocycles. The van der Waals surface area contributed by atoms with E-state index in [-0.39, 0.29) is 36.5 Å². The van der Waals surface area contributed by atoms with E-state index in [2.05, 4.69) is 28.1 Å². The number of amides is 1. The summed E-state index contributed by atoms with van der Waals surface area (Å²) >= 11 is 0. The highest BCUT2D eigenvalue weighted by Gasteiger charge is 2.36. The summed E-state index contributed by atoms with van der Waals surface area (Å²) in [5.74, 6) is 0.588. The van der Waals surface area contributed by atoms with Crippen LogP contribution in [0, 0.1) is 5.92 Å². The molecule has 0 radical (unpaired) electrons. The van der Waals surface area contributed by atoms with E-state index >= 15 is 0 Å². The van der Waals surface area contributed by atoms with Gasteiger partial charge in [-0.3, -0.25) is 14.4 Å². The lowest BCUT2D eigenvalue weighted by Crippen LogP contribution is -2.58. The third-order valence-corrected chi connectivity index (χ3v) is 7.82. The fourth-order valence-electron chi connectivity index (χ4n) is 5.17. The van der Waals surface area contributed by atoms with Gasteiger partial charge >= 0.3 is 0 Å². The molecule has 1 aliphatic heterocycles. The number of carbonyl (C=O) groups is 3. The van der Waals surface area contributed by atoms with Crippen LogP contribution in [0.3, 0.4) is 0 Å². The average molecular weight is 491 g/mol. The van der Waals surface area contributed by atoms with E-state index in [1.165, 1.54) is 12.8 Å². The summed E-state index contributed by atoms with van der Waals surface area (Å²) < 4.78 is 0. The second-order valence-electron chi connectivity index (χ2n) is 10.7. The first-order chi connectivity index (χ1) is 16.9. The lowest BCUT2D eigenvalue weighted by atomic mass is 9.80. The number of carbonyl (C=O) groups excluding carboxylic acids is 3. The maximum absolute atomic E-state index is 13.4. The molecule has 200 valence electrons. The predicted molar refractivity (Wildman–Crippen MR) is 142 cm³/mol. The van der Waals surface area contributed by atoms with Crippen molar-refractivity contribution in [2.24, 2.45) is 11.7 Å². The number of hydrogen-bond donors (Lipinski definition) is 4. The lowest BCUT2D eigenvalue weighted by molar-refractivity contribution is -0.133. The topological polar surface area (TPSA) is 113 Å². The van der Waals surface area contributed by atoms with E-state index in [1.807, 2.05) is 14.0 Å². The van der Waals surface area contributed by atoms with Crippen molar-refractivity contribution in [1.82, 2.24) is 16.0 Å². The van der Waals surface area contributed by atoms with Gasteiger partial charge in [0.05, 0.1) is 17.6 Å². The van der Waals surface area contributed by atoms with E-state index in [9.17, 15) is 14.4 Å². The maximum atomic E-state index is 13.4. The Balaban J connectivity index is 2.13. The van der Waals surface area contributed by atoms with Gasteiger partial charge in [-0.15, -0.1) is 0 Å². The first kappa shape index (κ1) is 29.7. The van der Waals surface area contributed by atoms with Crippen LogP contribution in [0.5, 0.6) is 0 Å². The number of allylic oxidation sites excluding steroid dienone is 2. The Morgan fingerprint density at radius 1 is 1.06 bits per heavy atom. The normalized spacial score (nSPS) is 30.1. The molecule has 3 atom stereocenters. The highest BCUT2D eigenvalue weighted by atomic mass is 16.2. The summed E-state index contributed by atoms with van der Waals surface area (Å²) in [5, 5.41) is 9.65. The summed E-state index contributed by atoms with van der Waals surface area (Å²) in [6.07, 6.45) is 18.1. The third kappa shape index (κ3) is 10.5. The van der Waals surface area contributed by atoms with Crippen molar-refractivity contribution < 1.29 is 14.4 Å². The van der Waals surface area contributed by atoms with E-state index in [0.29, 0.717) is 25.3 Å². The molecule has 0 aromatic rings. The molecule has 0 saturated heterocycles. The van der Waals surface area contributed by atoms with Crippen molar-refractivity contribution in [1.29, 1.82) is 0 Å². The smallest absolute Gasteiger partial charge is 0.237 e. The van der Waals surface area contributed by atoms with Gasteiger partial charge in [-0.1, -0.05) is 50.7 Å². The second kappa shape index (κ2) is 16.2. The fourth-order valence-corrected chi connectivity index (χ4v) is 5.17. The van der Waals surface area contributed by atoms with Crippen molar-refractivity contribution in [3.63, 3.8) is 0 Å². The number of nitrogens with two attached hydrogens (primary N) is 1. The third-order valence-electron chi connectivity index (χ3n) is 7.82. The number of ketones is 2. The van der Waals surface area contributed by atoms with E-state index in [0.717, 1.165) is 64.2 Å². The largest absolute Gasteiger partial charge is 0.343 e. The Labute approximate surface area is 212 Å². The zero-order valence-electron chi connectivity index (χ0n) is 22.2. The Morgan fingerprint density at radius 2 is 1.77 bits per heavy atom. The molecule has 1 saturated carbocycles. The molecule has 7 heteroatoms. The van der Waals surface area contributed by atoms with Gasteiger partial charge in [0.25, 0.3) is 0 Å². The standard InChI is InChI=1S/C28H50N4O3/c1-28(26(34)16-19-29)18-11-9-7-5-3-4-6-8-10-15-23(30-2)25(33)17-20-31-24(27(35)32-28)21-22-13-12-14-22/h5,7,22-24,30-31H,3-4,6,8-21,29H2,1-2H3,(H,32,35)/b7-5+/t23?,24-,28-/m0/s1. The predicted octanol–water partition coefficient (Wildman–Crippen LogP) is 3.56. The zero-order chi connectivity index (χ0) is 25.5. The van der Waals surface area contributed by atoms with Gasteiger partial charge in [-0.2, -0.15) is 0 Å². The molecule has 1 heterocycles. The number of likely N-dealkylation sites (N-methyl/N-ethyl adjacent to an activating group) is 1. The number of nitrogens with one attached hydrogen (secondary N) is 3. The SMILES string of the molecule is CNC1CCCCCC/C=C/CCC[C@@](C)(C(=O)CCN)NC(=O)[C@H](CC2CCC2)NCCC1=O. The summed E-state index contributed by atoms with van der Waals surface area (Å²) in [7, 11) is 1.85. The van der Waals surface area contributed by atoms with Gasteiger partial charge in [-0.05, 0) is 71.4 Å².